The van der Waals surface area contributed by atoms with Gasteiger partial charge in [-0.05, 0) is 11.6 Å². The number of aryl methyl sites for hydroxylation is 1. The van der Waals surface area contributed by atoms with Crippen molar-refractivity contribution in [2.45, 2.75) is 13.1 Å². The van der Waals surface area contributed by atoms with E-state index in [2.05, 4.69) is 26.4 Å². The quantitative estimate of drug-likeness (QED) is 0.740. The van der Waals surface area contributed by atoms with Gasteiger partial charge in [-0.2, -0.15) is 5.10 Å². The number of anilines is 1. The second kappa shape index (κ2) is 7.75. The fourth-order valence-corrected chi connectivity index (χ4v) is 2.06. The molecule has 0 saturated carbocycles. The molecule has 0 bridgehead atoms. The molecule has 0 amide bonds. The van der Waals surface area contributed by atoms with Gasteiger partial charge in [0.15, 0.2) is 0 Å². The van der Waals surface area contributed by atoms with Gasteiger partial charge in [-0.1, -0.05) is 6.07 Å². The van der Waals surface area contributed by atoms with Crippen molar-refractivity contribution in [2.75, 3.05) is 32.2 Å². The molecule has 1 N–H and O–H groups in total. The molecule has 0 aromatic carbocycles. The second-order valence-electron chi connectivity index (χ2n) is 5.07. The van der Waals surface area contributed by atoms with E-state index in [1.54, 1.807) is 7.11 Å². The Morgan fingerprint density at radius 2 is 2.14 bits per heavy atom. The third kappa shape index (κ3) is 4.84. The number of hydrogen-bond acceptors (Lipinski definition) is 5. The summed E-state index contributed by atoms with van der Waals surface area (Å²) < 4.78 is 6.81. The minimum Gasteiger partial charge on any atom is -0.383 e. The van der Waals surface area contributed by atoms with Gasteiger partial charge in [-0.3, -0.25) is 4.68 Å². The summed E-state index contributed by atoms with van der Waals surface area (Å²) >= 11 is 0. The van der Waals surface area contributed by atoms with Crippen molar-refractivity contribution >= 4 is 5.82 Å². The van der Waals surface area contributed by atoms with Crippen LogP contribution in [0.15, 0.2) is 30.7 Å². The summed E-state index contributed by atoms with van der Waals surface area (Å²) in [6.45, 7) is 3.17. The molecule has 2 aromatic rings. The van der Waals surface area contributed by atoms with Gasteiger partial charge >= 0.3 is 0 Å². The van der Waals surface area contributed by atoms with Gasteiger partial charge in [0.1, 0.15) is 5.82 Å². The summed E-state index contributed by atoms with van der Waals surface area (Å²) in [5, 5.41) is 7.48. The third-order valence-corrected chi connectivity index (χ3v) is 3.19. The Bertz CT molecular complexity index is 537. The maximum Gasteiger partial charge on any atom is 0.128 e. The van der Waals surface area contributed by atoms with Crippen LogP contribution in [0.4, 0.5) is 5.82 Å². The predicted molar refractivity (Wildman–Crippen MR) is 83.1 cm³/mol. The Balaban J connectivity index is 1.86. The average Bonchev–Trinajstić information content (AvgIpc) is 2.89. The molecule has 0 aliphatic carbocycles. The second-order valence-corrected chi connectivity index (χ2v) is 5.07. The van der Waals surface area contributed by atoms with Crippen LogP contribution in [0.3, 0.4) is 0 Å². The lowest BCUT2D eigenvalue weighted by molar-refractivity contribution is 0.199. The zero-order valence-electron chi connectivity index (χ0n) is 12.9. The van der Waals surface area contributed by atoms with Gasteiger partial charge in [0.25, 0.3) is 0 Å². The fraction of sp³-hybridized carbons (Fsp3) is 0.467. The van der Waals surface area contributed by atoms with E-state index in [4.69, 9.17) is 4.74 Å². The van der Waals surface area contributed by atoms with Gasteiger partial charge < -0.3 is 15.0 Å². The normalized spacial score (nSPS) is 10.8. The molecule has 21 heavy (non-hydrogen) atoms. The maximum absolute atomic E-state index is 5.00. The number of methoxy groups -OCH3 is 1. The van der Waals surface area contributed by atoms with Crippen LogP contribution in [-0.4, -0.2) is 42.1 Å². The van der Waals surface area contributed by atoms with Gasteiger partial charge in [-0.15, -0.1) is 0 Å². The minimum absolute atomic E-state index is 0.722. The van der Waals surface area contributed by atoms with Crippen molar-refractivity contribution in [1.29, 1.82) is 0 Å². The molecule has 0 saturated heterocycles. The topological polar surface area (TPSA) is 55.2 Å². The highest BCUT2D eigenvalue weighted by Gasteiger charge is 2.05. The molecular weight excluding hydrogens is 266 g/mol. The minimum atomic E-state index is 0.722. The molecule has 0 aliphatic rings. The molecule has 6 heteroatoms. The van der Waals surface area contributed by atoms with Crippen molar-refractivity contribution in [3.8, 4) is 0 Å². The van der Waals surface area contributed by atoms with E-state index in [0.717, 1.165) is 32.1 Å². The number of hydrogen-bond donors (Lipinski definition) is 1. The molecule has 2 heterocycles. The van der Waals surface area contributed by atoms with E-state index in [-0.39, 0.29) is 0 Å². The summed E-state index contributed by atoms with van der Waals surface area (Å²) in [7, 11) is 5.66. The van der Waals surface area contributed by atoms with Crippen LogP contribution in [0.1, 0.15) is 11.1 Å². The first-order chi connectivity index (χ1) is 10.2. The number of pyridine rings is 1. The van der Waals surface area contributed by atoms with Crippen molar-refractivity contribution in [3.05, 3.63) is 41.9 Å². The highest BCUT2D eigenvalue weighted by Crippen LogP contribution is 2.12. The van der Waals surface area contributed by atoms with E-state index in [0.29, 0.717) is 0 Å². The lowest BCUT2D eigenvalue weighted by Crippen LogP contribution is -2.19. The molecule has 0 unspecified atom stereocenters. The molecule has 0 aliphatic heterocycles. The molecule has 0 atom stereocenters. The largest absolute Gasteiger partial charge is 0.383 e. The first-order valence-corrected chi connectivity index (χ1v) is 7.02. The van der Waals surface area contributed by atoms with Crippen molar-refractivity contribution in [3.63, 3.8) is 0 Å². The van der Waals surface area contributed by atoms with Crippen molar-refractivity contribution in [2.24, 2.45) is 7.05 Å². The van der Waals surface area contributed by atoms with Gasteiger partial charge in [0.2, 0.25) is 0 Å². The van der Waals surface area contributed by atoms with Gasteiger partial charge in [0, 0.05) is 58.8 Å². The number of ether oxygens (including phenoxy) is 1. The molecular formula is C15H23N5O. The van der Waals surface area contributed by atoms with Crippen LogP contribution in [0.5, 0.6) is 0 Å². The molecule has 0 fully saturated rings. The zero-order chi connectivity index (χ0) is 15.1. The van der Waals surface area contributed by atoms with E-state index < -0.39 is 0 Å². The molecule has 2 aromatic heterocycles. The summed E-state index contributed by atoms with van der Waals surface area (Å²) in [6.07, 6.45) is 5.81. The number of rotatable bonds is 8. The SMILES string of the molecule is COCCNCc1ccc(N(C)Cc2cnn(C)c2)nc1. The van der Waals surface area contributed by atoms with Crippen LogP contribution in [0.2, 0.25) is 0 Å². The molecule has 114 valence electrons. The van der Waals surface area contributed by atoms with Crippen LogP contribution >= 0.6 is 0 Å². The van der Waals surface area contributed by atoms with E-state index in [1.165, 1.54) is 11.1 Å². The molecule has 2 rings (SSSR count). The number of nitrogens with one attached hydrogen (secondary N) is 1. The van der Waals surface area contributed by atoms with Gasteiger partial charge in [-0.25, -0.2) is 4.98 Å². The Labute approximate surface area is 125 Å². The Hall–Kier alpha value is -1.92. The third-order valence-electron chi connectivity index (χ3n) is 3.19. The monoisotopic (exact) mass is 289 g/mol. The Kier molecular flexibility index (Phi) is 5.71. The fourth-order valence-electron chi connectivity index (χ4n) is 2.06. The Morgan fingerprint density at radius 3 is 2.76 bits per heavy atom. The standard InChI is InChI=1S/C15H23N5O/c1-19(11-14-10-18-20(2)12-14)15-5-4-13(9-17-15)8-16-6-7-21-3/h4-5,9-10,12,16H,6-8,11H2,1-3H3. The summed E-state index contributed by atoms with van der Waals surface area (Å²) in [6, 6.07) is 4.14. The van der Waals surface area contributed by atoms with E-state index in [9.17, 15) is 0 Å². The molecule has 6 nitrogen and oxygen atoms in total. The van der Waals surface area contributed by atoms with Crippen LogP contribution in [0, 0.1) is 0 Å². The van der Waals surface area contributed by atoms with Crippen molar-refractivity contribution in [1.82, 2.24) is 20.1 Å². The average molecular weight is 289 g/mol. The number of aromatic nitrogens is 3. The molecule has 0 radical (unpaired) electrons. The van der Waals surface area contributed by atoms with E-state index >= 15 is 0 Å². The maximum atomic E-state index is 5.00. The highest BCUT2D eigenvalue weighted by atomic mass is 16.5. The zero-order valence-corrected chi connectivity index (χ0v) is 12.9. The summed E-state index contributed by atoms with van der Waals surface area (Å²) in [5.41, 5.74) is 2.34. The van der Waals surface area contributed by atoms with Crippen LogP contribution in [0.25, 0.3) is 0 Å². The summed E-state index contributed by atoms with van der Waals surface area (Å²) in [4.78, 5) is 6.62. The smallest absolute Gasteiger partial charge is 0.128 e. The lowest BCUT2D eigenvalue weighted by atomic mass is 10.2. The molecule has 0 spiro atoms. The van der Waals surface area contributed by atoms with Crippen molar-refractivity contribution < 1.29 is 4.74 Å². The first kappa shape index (κ1) is 15.5. The van der Waals surface area contributed by atoms with Crippen LogP contribution < -0.4 is 10.2 Å². The summed E-state index contributed by atoms with van der Waals surface area (Å²) in [5.74, 6) is 0.958. The number of nitrogens with zero attached hydrogens (tertiary/aromatic N) is 4. The predicted octanol–water partition coefficient (Wildman–Crippen LogP) is 1.19. The van der Waals surface area contributed by atoms with Crippen LogP contribution in [-0.2, 0) is 24.9 Å². The van der Waals surface area contributed by atoms with E-state index in [1.807, 2.05) is 43.4 Å². The van der Waals surface area contributed by atoms with Gasteiger partial charge in [0.05, 0.1) is 12.8 Å². The first-order valence-electron chi connectivity index (χ1n) is 7.02. The Morgan fingerprint density at radius 1 is 1.29 bits per heavy atom. The highest BCUT2D eigenvalue weighted by molar-refractivity contribution is 5.39. The lowest BCUT2D eigenvalue weighted by Gasteiger charge is -2.17.